The number of benzene rings is 2. The molecule has 0 spiro atoms. The minimum Gasteiger partial charge on any atom is -0.330 e. The van der Waals surface area contributed by atoms with Crippen molar-refractivity contribution < 1.29 is 13.2 Å². The Balaban J connectivity index is 1.98. The van der Waals surface area contributed by atoms with Crippen molar-refractivity contribution in [3.8, 4) is 5.69 Å². The van der Waals surface area contributed by atoms with E-state index in [0.717, 1.165) is 17.7 Å². The maximum atomic E-state index is 13.3. The predicted octanol–water partition coefficient (Wildman–Crippen LogP) is 3.14. The van der Waals surface area contributed by atoms with Crippen molar-refractivity contribution in [2.75, 3.05) is 6.54 Å². The van der Waals surface area contributed by atoms with Crippen LogP contribution in [0.4, 0.5) is 13.2 Å². The SMILES string of the molecule is NCCc1nnc2n1-c1ccc(C(F)(F)F)cc1C(c1ccccc1)=NC2. The monoisotopic (exact) mass is 371 g/mol. The average molecular weight is 371 g/mol. The predicted molar refractivity (Wildman–Crippen MR) is 94.9 cm³/mol. The minimum absolute atomic E-state index is 0.220. The number of fused-ring (bicyclic) bond motifs is 3. The number of rotatable bonds is 3. The van der Waals surface area contributed by atoms with Crippen molar-refractivity contribution in [2.45, 2.75) is 19.1 Å². The van der Waals surface area contributed by atoms with Crippen LogP contribution in [0.15, 0.2) is 53.5 Å². The van der Waals surface area contributed by atoms with Crippen molar-refractivity contribution in [1.82, 2.24) is 14.8 Å². The number of aromatic nitrogens is 3. The Kier molecular flexibility index (Phi) is 4.27. The van der Waals surface area contributed by atoms with Crippen molar-refractivity contribution in [2.24, 2.45) is 10.7 Å². The smallest absolute Gasteiger partial charge is 0.330 e. The average Bonchev–Trinajstić information content (AvgIpc) is 2.97. The second-order valence-electron chi connectivity index (χ2n) is 6.17. The lowest BCUT2D eigenvalue weighted by atomic mass is 9.98. The topological polar surface area (TPSA) is 69.1 Å². The molecule has 4 rings (SSSR count). The normalized spacial score (nSPS) is 13.6. The molecule has 0 bridgehead atoms. The summed E-state index contributed by atoms with van der Waals surface area (Å²) in [5.74, 6) is 1.18. The summed E-state index contributed by atoms with van der Waals surface area (Å²) in [6.07, 6.45) is -3.98. The number of nitrogens with two attached hydrogens (primary N) is 1. The van der Waals surface area contributed by atoms with Crippen LogP contribution in [0, 0.1) is 0 Å². The zero-order chi connectivity index (χ0) is 19.0. The van der Waals surface area contributed by atoms with Gasteiger partial charge in [-0.2, -0.15) is 13.2 Å². The maximum Gasteiger partial charge on any atom is 0.416 e. The summed E-state index contributed by atoms with van der Waals surface area (Å²) >= 11 is 0. The second kappa shape index (κ2) is 6.62. The van der Waals surface area contributed by atoms with Gasteiger partial charge in [-0.05, 0) is 24.7 Å². The van der Waals surface area contributed by atoms with E-state index in [-0.39, 0.29) is 6.54 Å². The highest BCUT2D eigenvalue weighted by atomic mass is 19.4. The van der Waals surface area contributed by atoms with E-state index in [9.17, 15) is 13.2 Å². The van der Waals surface area contributed by atoms with Crippen molar-refractivity contribution in [3.05, 3.63) is 76.9 Å². The number of aliphatic imine (C=N–C) groups is 1. The van der Waals surface area contributed by atoms with Gasteiger partial charge in [0, 0.05) is 17.5 Å². The zero-order valence-electron chi connectivity index (χ0n) is 14.2. The largest absolute Gasteiger partial charge is 0.416 e. The molecule has 138 valence electrons. The first-order chi connectivity index (χ1) is 13.0. The number of hydrogen-bond donors (Lipinski definition) is 1. The van der Waals surface area contributed by atoms with E-state index >= 15 is 0 Å². The van der Waals surface area contributed by atoms with Crippen molar-refractivity contribution >= 4 is 5.71 Å². The van der Waals surface area contributed by atoms with E-state index in [0.29, 0.717) is 41.6 Å². The minimum atomic E-state index is -4.45. The van der Waals surface area contributed by atoms with E-state index in [1.54, 1.807) is 4.57 Å². The fourth-order valence-corrected chi connectivity index (χ4v) is 3.20. The summed E-state index contributed by atoms with van der Waals surface area (Å²) in [6.45, 7) is 0.582. The zero-order valence-corrected chi connectivity index (χ0v) is 14.2. The molecule has 2 heterocycles. The fraction of sp³-hybridized carbons (Fsp3) is 0.211. The Morgan fingerprint density at radius 1 is 1.04 bits per heavy atom. The number of nitrogens with zero attached hydrogens (tertiary/aromatic N) is 4. The fourth-order valence-electron chi connectivity index (χ4n) is 3.20. The maximum absolute atomic E-state index is 13.3. The number of alkyl halides is 3. The molecule has 1 aliphatic rings. The Bertz CT molecular complexity index is 1010. The molecule has 0 radical (unpaired) electrons. The van der Waals surface area contributed by atoms with Gasteiger partial charge in [0.15, 0.2) is 5.82 Å². The quantitative estimate of drug-likeness (QED) is 0.769. The van der Waals surface area contributed by atoms with Gasteiger partial charge >= 0.3 is 6.18 Å². The van der Waals surface area contributed by atoms with Crippen LogP contribution >= 0.6 is 0 Å². The second-order valence-corrected chi connectivity index (χ2v) is 6.17. The Morgan fingerprint density at radius 3 is 2.52 bits per heavy atom. The van der Waals surface area contributed by atoms with Gasteiger partial charge < -0.3 is 5.73 Å². The van der Waals surface area contributed by atoms with Crippen LogP contribution in [0.3, 0.4) is 0 Å². The van der Waals surface area contributed by atoms with Crippen LogP contribution in [0.25, 0.3) is 5.69 Å². The van der Waals surface area contributed by atoms with E-state index in [2.05, 4.69) is 15.2 Å². The van der Waals surface area contributed by atoms with Gasteiger partial charge in [-0.1, -0.05) is 30.3 Å². The molecule has 3 aromatic rings. The highest BCUT2D eigenvalue weighted by Crippen LogP contribution is 2.34. The van der Waals surface area contributed by atoms with Gasteiger partial charge in [-0.25, -0.2) is 0 Å². The molecule has 2 N–H and O–H groups in total. The molecule has 0 saturated carbocycles. The summed E-state index contributed by atoms with van der Waals surface area (Å²) < 4.78 is 41.8. The summed E-state index contributed by atoms with van der Waals surface area (Å²) in [5.41, 5.74) is 7.15. The van der Waals surface area contributed by atoms with Crippen molar-refractivity contribution in [3.63, 3.8) is 0 Å². The first kappa shape index (κ1) is 17.4. The van der Waals surface area contributed by atoms with Crippen LogP contribution in [0.1, 0.15) is 28.3 Å². The molecule has 0 atom stereocenters. The molecule has 2 aromatic carbocycles. The summed E-state index contributed by atoms with van der Waals surface area (Å²) in [5, 5.41) is 8.30. The molecule has 0 saturated heterocycles. The van der Waals surface area contributed by atoms with Crippen LogP contribution in [-0.4, -0.2) is 27.0 Å². The molecular formula is C19H16F3N5. The lowest BCUT2D eigenvalue weighted by Crippen LogP contribution is -2.14. The van der Waals surface area contributed by atoms with Crippen LogP contribution in [0.5, 0.6) is 0 Å². The van der Waals surface area contributed by atoms with E-state index in [1.165, 1.54) is 6.07 Å². The summed E-state index contributed by atoms with van der Waals surface area (Å²) in [7, 11) is 0. The van der Waals surface area contributed by atoms with Gasteiger partial charge in [-0.15, -0.1) is 10.2 Å². The van der Waals surface area contributed by atoms with Crippen LogP contribution in [0.2, 0.25) is 0 Å². The third-order valence-corrected chi connectivity index (χ3v) is 4.41. The van der Waals surface area contributed by atoms with E-state index in [1.807, 2.05) is 30.3 Å². The third kappa shape index (κ3) is 3.12. The van der Waals surface area contributed by atoms with Gasteiger partial charge in [0.1, 0.15) is 12.4 Å². The van der Waals surface area contributed by atoms with Crippen LogP contribution < -0.4 is 5.73 Å². The Morgan fingerprint density at radius 2 is 1.81 bits per heavy atom. The molecule has 27 heavy (non-hydrogen) atoms. The van der Waals surface area contributed by atoms with Gasteiger partial charge in [0.2, 0.25) is 0 Å². The van der Waals surface area contributed by atoms with E-state index in [4.69, 9.17) is 5.73 Å². The first-order valence-electron chi connectivity index (χ1n) is 8.44. The summed E-state index contributed by atoms with van der Waals surface area (Å²) in [6, 6.07) is 12.8. The third-order valence-electron chi connectivity index (χ3n) is 4.41. The molecule has 5 nitrogen and oxygen atoms in total. The van der Waals surface area contributed by atoms with Crippen LogP contribution in [-0.2, 0) is 19.1 Å². The standard InChI is InChI=1S/C19H16F3N5/c20-19(21,22)13-6-7-15-14(10-13)18(12-4-2-1-3-5-12)24-11-17-26-25-16(8-9-23)27(15)17/h1-7,10H,8-9,11,23H2. The number of hydrogen-bond acceptors (Lipinski definition) is 4. The first-order valence-corrected chi connectivity index (χ1v) is 8.44. The lowest BCUT2D eigenvalue weighted by molar-refractivity contribution is -0.137. The molecule has 1 aliphatic heterocycles. The molecule has 0 aliphatic carbocycles. The molecule has 0 amide bonds. The number of halogens is 3. The van der Waals surface area contributed by atoms with Gasteiger partial charge in [0.25, 0.3) is 0 Å². The molecule has 8 heteroatoms. The summed E-state index contributed by atoms with van der Waals surface area (Å²) in [4.78, 5) is 4.57. The molecule has 0 fully saturated rings. The Labute approximate surface area is 153 Å². The van der Waals surface area contributed by atoms with Gasteiger partial charge in [0.05, 0.1) is 17.0 Å². The highest BCUT2D eigenvalue weighted by molar-refractivity contribution is 6.15. The molecular weight excluding hydrogens is 355 g/mol. The molecule has 0 unspecified atom stereocenters. The lowest BCUT2D eigenvalue weighted by Gasteiger charge is -2.16. The van der Waals surface area contributed by atoms with Crippen molar-refractivity contribution in [1.29, 1.82) is 0 Å². The Hall–Kier alpha value is -3.00. The van der Waals surface area contributed by atoms with E-state index < -0.39 is 11.7 Å². The molecule has 1 aromatic heterocycles. The highest BCUT2D eigenvalue weighted by Gasteiger charge is 2.33. The van der Waals surface area contributed by atoms with Gasteiger partial charge in [-0.3, -0.25) is 9.56 Å².